The van der Waals surface area contributed by atoms with Gasteiger partial charge < -0.3 is 9.84 Å². The Balaban J connectivity index is 1.44. The zero-order chi connectivity index (χ0) is 20.8. The number of aromatic nitrogens is 3. The average molecular weight is 458 g/mol. The summed E-state index contributed by atoms with van der Waals surface area (Å²) in [6.07, 6.45) is 0.0647. The summed E-state index contributed by atoms with van der Waals surface area (Å²) >= 11 is 9.05. The third kappa shape index (κ3) is 5.43. The van der Waals surface area contributed by atoms with Crippen LogP contribution in [-0.4, -0.2) is 38.3 Å². The first-order chi connectivity index (χ1) is 14.7. The third-order valence-electron chi connectivity index (χ3n) is 4.29. The van der Waals surface area contributed by atoms with Gasteiger partial charge in [0.1, 0.15) is 18.2 Å². The number of halogens is 1. The van der Waals surface area contributed by atoms with Gasteiger partial charge in [0.15, 0.2) is 5.16 Å². The van der Waals surface area contributed by atoms with Gasteiger partial charge in [-0.15, -0.1) is 21.5 Å². The van der Waals surface area contributed by atoms with E-state index in [9.17, 15) is 5.11 Å². The summed E-state index contributed by atoms with van der Waals surface area (Å²) in [6.45, 7) is 0.191. The van der Waals surface area contributed by atoms with Gasteiger partial charge in [-0.05, 0) is 47.8 Å². The third-order valence-corrected chi connectivity index (χ3v) is 6.49. The normalized spacial score (nSPS) is 12.1. The van der Waals surface area contributed by atoms with E-state index < -0.39 is 6.10 Å². The minimum Gasteiger partial charge on any atom is -0.491 e. The summed E-state index contributed by atoms with van der Waals surface area (Å²) in [7, 11) is 0. The van der Waals surface area contributed by atoms with Crippen LogP contribution in [0.15, 0.2) is 77.3 Å². The first kappa shape index (κ1) is 20.9. The predicted octanol–water partition coefficient (Wildman–Crippen LogP) is 5.11. The molecule has 0 spiro atoms. The summed E-state index contributed by atoms with van der Waals surface area (Å²) < 4.78 is 7.69. The van der Waals surface area contributed by atoms with Gasteiger partial charge in [0.2, 0.25) is 0 Å². The van der Waals surface area contributed by atoms with Crippen LogP contribution < -0.4 is 4.74 Å². The SMILES string of the molecule is OC(COc1ccc(Cl)cc1)CSc1nnc(Cc2cccs2)n1-c1ccccc1. The molecule has 0 radical (unpaired) electrons. The minimum absolute atomic E-state index is 0.191. The fourth-order valence-corrected chi connectivity index (χ4v) is 4.56. The first-order valence-corrected chi connectivity index (χ1v) is 11.6. The van der Waals surface area contributed by atoms with Crippen LogP contribution in [0.4, 0.5) is 0 Å². The van der Waals surface area contributed by atoms with E-state index in [-0.39, 0.29) is 6.61 Å². The highest BCUT2D eigenvalue weighted by Crippen LogP contribution is 2.25. The number of hydrogen-bond donors (Lipinski definition) is 1. The maximum Gasteiger partial charge on any atom is 0.195 e. The zero-order valence-corrected chi connectivity index (χ0v) is 18.4. The predicted molar refractivity (Wildman–Crippen MR) is 122 cm³/mol. The van der Waals surface area contributed by atoms with E-state index in [0.29, 0.717) is 22.9 Å². The van der Waals surface area contributed by atoms with E-state index in [1.807, 2.05) is 36.4 Å². The van der Waals surface area contributed by atoms with Gasteiger partial charge in [0.25, 0.3) is 0 Å². The van der Waals surface area contributed by atoms with Gasteiger partial charge >= 0.3 is 0 Å². The minimum atomic E-state index is -0.646. The Morgan fingerprint density at radius 2 is 1.83 bits per heavy atom. The van der Waals surface area contributed by atoms with Crippen molar-refractivity contribution in [3.05, 3.63) is 87.8 Å². The molecule has 4 aromatic rings. The van der Waals surface area contributed by atoms with E-state index in [0.717, 1.165) is 16.7 Å². The van der Waals surface area contributed by atoms with Crippen LogP contribution in [-0.2, 0) is 6.42 Å². The van der Waals surface area contributed by atoms with Crippen LogP contribution in [0.2, 0.25) is 5.02 Å². The molecule has 0 amide bonds. The largest absolute Gasteiger partial charge is 0.491 e. The Morgan fingerprint density at radius 1 is 1.03 bits per heavy atom. The number of nitrogens with zero attached hydrogens (tertiary/aromatic N) is 3. The summed E-state index contributed by atoms with van der Waals surface area (Å²) in [5.41, 5.74) is 1.00. The Labute approximate surface area is 188 Å². The molecule has 0 aliphatic carbocycles. The number of aliphatic hydroxyl groups is 1. The molecule has 2 heterocycles. The van der Waals surface area contributed by atoms with Crippen LogP contribution in [0, 0.1) is 0 Å². The highest BCUT2D eigenvalue weighted by molar-refractivity contribution is 7.99. The number of hydrogen-bond acceptors (Lipinski definition) is 6. The second-order valence-electron chi connectivity index (χ2n) is 6.56. The van der Waals surface area contributed by atoms with Crippen molar-refractivity contribution in [3.63, 3.8) is 0 Å². The summed E-state index contributed by atoms with van der Waals surface area (Å²) in [5, 5.41) is 22.6. The van der Waals surface area contributed by atoms with Crippen molar-refractivity contribution in [3.8, 4) is 11.4 Å². The van der Waals surface area contributed by atoms with Crippen molar-refractivity contribution < 1.29 is 9.84 Å². The Hall–Kier alpha value is -2.32. The van der Waals surface area contributed by atoms with Crippen molar-refractivity contribution in [1.29, 1.82) is 0 Å². The Morgan fingerprint density at radius 3 is 2.57 bits per heavy atom. The Kier molecular flexibility index (Phi) is 7.07. The van der Waals surface area contributed by atoms with Crippen LogP contribution in [0.25, 0.3) is 5.69 Å². The maximum atomic E-state index is 10.4. The fraction of sp³-hybridized carbons (Fsp3) is 0.182. The van der Waals surface area contributed by atoms with Gasteiger partial charge in [0.05, 0.1) is 6.10 Å². The molecule has 0 fully saturated rings. The van der Waals surface area contributed by atoms with Crippen LogP contribution in [0.5, 0.6) is 5.75 Å². The van der Waals surface area contributed by atoms with Crippen molar-refractivity contribution in [2.75, 3.05) is 12.4 Å². The van der Waals surface area contributed by atoms with Crippen LogP contribution in [0.3, 0.4) is 0 Å². The Bertz CT molecular complexity index is 1050. The summed E-state index contributed by atoms with van der Waals surface area (Å²) in [4.78, 5) is 1.23. The molecule has 2 aromatic carbocycles. The highest BCUT2D eigenvalue weighted by atomic mass is 35.5. The number of ether oxygens (including phenoxy) is 1. The molecule has 2 aromatic heterocycles. The molecule has 0 saturated heterocycles. The number of para-hydroxylation sites is 1. The average Bonchev–Trinajstić information content (AvgIpc) is 3.43. The molecule has 0 aliphatic rings. The molecule has 154 valence electrons. The van der Waals surface area contributed by atoms with E-state index >= 15 is 0 Å². The molecule has 0 saturated carbocycles. The van der Waals surface area contributed by atoms with E-state index in [4.69, 9.17) is 16.3 Å². The topological polar surface area (TPSA) is 60.2 Å². The molecule has 0 aliphatic heterocycles. The number of thiophene rings is 1. The molecule has 1 unspecified atom stereocenters. The van der Waals surface area contributed by atoms with Gasteiger partial charge in [0, 0.05) is 27.8 Å². The molecule has 1 atom stereocenters. The van der Waals surface area contributed by atoms with E-state index in [2.05, 4.69) is 26.2 Å². The van der Waals surface area contributed by atoms with Crippen molar-refractivity contribution in [2.24, 2.45) is 0 Å². The van der Waals surface area contributed by atoms with Crippen molar-refractivity contribution >= 4 is 34.7 Å². The van der Waals surface area contributed by atoms with Gasteiger partial charge in [-0.1, -0.05) is 47.6 Å². The van der Waals surface area contributed by atoms with Crippen LogP contribution >= 0.6 is 34.7 Å². The molecule has 5 nitrogen and oxygen atoms in total. The lowest BCUT2D eigenvalue weighted by Gasteiger charge is -2.13. The van der Waals surface area contributed by atoms with E-state index in [1.165, 1.54) is 16.6 Å². The molecule has 0 bridgehead atoms. The van der Waals surface area contributed by atoms with Crippen molar-refractivity contribution in [1.82, 2.24) is 14.8 Å². The van der Waals surface area contributed by atoms with E-state index in [1.54, 1.807) is 35.6 Å². The summed E-state index contributed by atoms with van der Waals surface area (Å²) in [6, 6.07) is 21.3. The second kappa shape index (κ2) is 10.1. The maximum absolute atomic E-state index is 10.4. The fourth-order valence-electron chi connectivity index (χ4n) is 2.86. The standard InChI is InChI=1S/C22H20ClN3O2S2/c23-16-8-10-19(11-9-16)28-14-18(27)15-30-22-25-24-21(13-20-7-4-12-29-20)26(22)17-5-2-1-3-6-17/h1-12,18,27H,13-15H2. The molecular weight excluding hydrogens is 438 g/mol. The molecule has 30 heavy (non-hydrogen) atoms. The molecule has 4 rings (SSSR count). The van der Waals surface area contributed by atoms with Gasteiger partial charge in [-0.25, -0.2) is 0 Å². The smallest absolute Gasteiger partial charge is 0.195 e. The number of benzene rings is 2. The van der Waals surface area contributed by atoms with Gasteiger partial charge in [-0.2, -0.15) is 0 Å². The molecule has 1 N–H and O–H groups in total. The molecule has 8 heteroatoms. The highest BCUT2D eigenvalue weighted by Gasteiger charge is 2.17. The van der Waals surface area contributed by atoms with Gasteiger partial charge in [-0.3, -0.25) is 4.57 Å². The lowest BCUT2D eigenvalue weighted by atomic mass is 10.3. The second-order valence-corrected chi connectivity index (χ2v) is 9.01. The van der Waals surface area contributed by atoms with Crippen molar-refractivity contribution in [2.45, 2.75) is 17.7 Å². The lowest BCUT2D eigenvalue weighted by Crippen LogP contribution is -2.20. The monoisotopic (exact) mass is 457 g/mol. The quantitative estimate of drug-likeness (QED) is 0.354. The zero-order valence-electron chi connectivity index (χ0n) is 16.0. The molecular formula is C22H20ClN3O2S2. The number of aliphatic hydroxyl groups excluding tert-OH is 1. The lowest BCUT2D eigenvalue weighted by molar-refractivity contribution is 0.126. The van der Waals surface area contributed by atoms with Crippen LogP contribution in [0.1, 0.15) is 10.7 Å². The summed E-state index contributed by atoms with van der Waals surface area (Å²) in [5.74, 6) is 1.99. The number of thioether (sulfide) groups is 1. The first-order valence-electron chi connectivity index (χ1n) is 9.40. The number of rotatable bonds is 9.